The Morgan fingerprint density at radius 2 is 1.93 bits per heavy atom. The van der Waals surface area contributed by atoms with Gasteiger partial charge in [-0.3, -0.25) is 4.79 Å². The topological polar surface area (TPSA) is 94.4 Å². The summed E-state index contributed by atoms with van der Waals surface area (Å²) in [7, 11) is 0. The van der Waals surface area contributed by atoms with Crippen molar-refractivity contribution in [3.8, 4) is 5.75 Å². The predicted molar refractivity (Wildman–Crippen MR) is 101 cm³/mol. The molecule has 1 aliphatic rings. The minimum Gasteiger partial charge on any atom is -0.462 e. The second kappa shape index (κ2) is 6.84. The van der Waals surface area contributed by atoms with Gasteiger partial charge >= 0.3 is 5.97 Å². The first-order chi connectivity index (χ1) is 13.5. The van der Waals surface area contributed by atoms with E-state index in [1.165, 1.54) is 18.2 Å². The van der Waals surface area contributed by atoms with Gasteiger partial charge in [-0.25, -0.2) is 9.18 Å². The second-order valence-corrected chi connectivity index (χ2v) is 6.30. The summed E-state index contributed by atoms with van der Waals surface area (Å²) in [5.74, 6) is -2.39. The maximum Gasteiger partial charge on any atom is 0.340 e. The summed E-state index contributed by atoms with van der Waals surface area (Å²) in [6.45, 7) is 1.74. The lowest BCUT2D eigenvalue weighted by atomic mass is 9.82. The van der Waals surface area contributed by atoms with Gasteiger partial charge in [-0.2, -0.15) is 0 Å². The smallest absolute Gasteiger partial charge is 0.340 e. The normalized spacial score (nSPS) is 15.9. The van der Waals surface area contributed by atoms with E-state index in [1.807, 2.05) is 0 Å². The van der Waals surface area contributed by atoms with Gasteiger partial charge in [0.05, 0.1) is 23.6 Å². The third-order valence-corrected chi connectivity index (χ3v) is 4.68. The molecular weight excluding hydrogens is 363 g/mol. The number of pyridine rings is 1. The molecule has 142 valence electrons. The van der Waals surface area contributed by atoms with Gasteiger partial charge in [0.15, 0.2) is 0 Å². The fourth-order valence-electron chi connectivity index (χ4n) is 3.50. The number of carbonyl (C=O) groups is 1. The Morgan fingerprint density at radius 1 is 1.21 bits per heavy atom. The summed E-state index contributed by atoms with van der Waals surface area (Å²) in [6.07, 6.45) is 0. The molecule has 0 bridgehead atoms. The Bertz CT molecular complexity index is 1180. The SMILES string of the molecule is CCOC(=O)C1=C(N)Oc2c(c(=O)[nH]c3ccccc23)[C@@H]1c1ccccc1F. The molecule has 0 radical (unpaired) electrons. The first-order valence-corrected chi connectivity index (χ1v) is 8.76. The molecule has 0 amide bonds. The van der Waals surface area contributed by atoms with Crippen LogP contribution in [0, 0.1) is 5.82 Å². The van der Waals surface area contributed by atoms with Crippen molar-refractivity contribution < 1.29 is 18.7 Å². The van der Waals surface area contributed by atoms with E-state index in [4.69, 9.17) is 15.2 Å². The number of fused-ring (bicyclic) bond motifs is 3. The van der Waals surface area contributed by atoms with Gasteiger partial charge in [-0.1, -0.05) is 30.3 Å². The van der Waals surface area contributed by atoms with Crippen LogP contribution in [0.5, 0.6) is 5.75 Å². The highest BCUT2D eigenvalue weighted by Crippen LogP contribution is 2.44. The van der Waals surface area contributed by atoms with Crippen molar-refractivity contribution in [3.63, 3.8) is 0 Å². The maximum absolute atomic E-state index is 14.7. The molecule has 1 aliphatic heterocycles. The number of carbonyl (C=O) groups excluding carboxylic acids is 1. The predicted octanol–water partition coefficient (Wildman–Crippen LogP) is 2.92. The number of hydrogen-bond acceptors (Lipinski definition) is 5. The van der Waals surface area contributed by atoms with E-state index in [1.54, 1.807) is 37.3 Å². The number of nitrogens with two attached hydrogens (primary N) is 1. The highest BCUT2D eigenvalue weighted by molar-refractivity contribution is 5.95. The molecule has 28 heavy (non-hydrogen) atoms. The van der Waals surface area contributed by atoms with Crippen molar-refractivity contribution in [2.24, 2.45) is 5.73 Å². The van der Waals surface area contributed by atoms with Crippen LogP contribution in [0.3, 0.4) is 0 Å². The maximum atomic E-state index is 14.7. The molecule has 0 saturated carbocycles. The van der Waals surface area contributed by atoms with Crippen molar-refractivity contribution in [2.45, 2.75) is 12.8 Å². The number of hydrogen-bond donors (Lipinski definition) is 2. The number of ether oxygens (including phenoxy) is 2. The van der Waals surface area contributed by atoms with Crippen molar-refractivity contribution in [1.82, 2.24) is 4.98 Å². The lowest BCUT2D eigenvalue weighted by Crippen LogP contribution is -2.32. The number of aromatic nitrogens is 1. The molecule has 1 atom stereocenters. The van der Waals surface area contributed by atoms with Gasteiger partial charge in [-0.05, 0) is 25.1 Å². The third-order valence-electron chi connectivity index (χ3n) is 4.68. The van der Waals surface area contributed by atoms with E-state index in [2.05, 4.69) is 4.98 Å². The first kappa shape index (κ1) is 17.8. The number of aromatic amines is 1. The molecule has 0 unspecified atom stereocenters. The molecule has 6 nitrogen and oxygen atoms in total. The zero-order valence-corrected chi connectivity index (χ0v) is 15.0. The van der Waals surface area contributed by atoms with Gasteiger partial charge in [0, 0.05) is 10.9 Å². The van der Waals surface area contributed by atoms with Gasteiger partial charge < -0.3 is 20.2 Å². The van der Waals surface area contributed by atoms with Crippen molar-refractivity contribution >= 4 is 16.9 Å². The Kier molecular flexibility index (Phi) is 4.35. The van der Waals surface area contributed by atoms with E-state index in [-0.39, 0.29) is 34.9 Å². The van der Waals surface area contributed by atoms with Crippen LogP contribution in [0.4, 0.5) is 4.39 Å². The molecule has 4 rings (SSSR count). The highest BCUT2D eigenvalue weighted by Gasteiger charge is 2.39. The molecule has 3 N–H and O–H groups in total. The van der Waals surface area contributed by atoms with E-state index in [0.29, 0.717) is 10.9 Å². The average molecular weight is 380 g/mol. The number of nitrogens with one attached hydrogen (secondary N) is 1. The minimum absolute atomic E-state index is 0.0970. The van der Waals surface area contributed by atoms with E-state index in [9.17, 15) is 14.0 Å². The number of rotatable bonds is 3. The average Bonchev–Trinajstić information content (AvgIpc) is 2.67. The summed E-state index contributed by atoms with van der Waals surface area (Å²) in [4.78, 5) is 28.3. The molecular formula is C21H17FN2O4. The van der Waals surface area contributed by atoms with E-state index >= 15 is 0 Å². The Morgan fingerprint density at radius 3 is 2.68 bits per heavy atom. The van der Waals surface area contributed by atoms with Gasteiger partial charge in [0.2, 0.25) is 5.88 Å². The number of H-pyrrole nitrogens is 1. The fourth-order valence-corrected chi connectivity index (χ4v) is 3.50. The van der Waals surface area contributed by atoms with Crippen LogP contribution in [0.2, 0.25) is 0 Å². The molecule has 0 saturated heterocycles. The van der Waals surface area contributed by atoms with Crippen molar-refractivity contribution in [3.05, 3.63) is 87.3 Å². The largest absolute Gasteiger partial charge is 0.462 e. The third kappa shape index (κ3) is 2.72. The van der Waals surface area contributed by atoms with Gasteiger partial charge in [-0.15, -0.1) is 0 Å². The molecule has 2 aromatic carbocycles. The number of benzene rings is 2. The molecule has 7 heteroatoms. The molecule has 3 aromatic rings. The van der Waals surface area contributed by atoms with Crippen LogP contribution < -0.4 is 16.0 Å². The standard InChI is InChI=1S/C21H17FN2O4/c1-2-27-21(26)17-15(11-7-3-5-9-13(11)22)16-18(28-19(17)23)12-8-4-6-10-14(12)24-20(16)25/h3-10,15H,2,23H2,1H3,(H,24,25)/t15-/m0/s1. The van der Waals surface area contributed by atoms with Crippen LogP contribution in [0.25, 0.3) is 10.9 Å². The van der Waals surface area contributed by atoms with Gasteiger partial charge in [0.1, 0.15) is 17.1 Å². The number of halogens is 1. The molecule has 1 aromatic heterocycles. The van der Waals surface area contributed by atoms with Crippen LogP contribution in [-0.2, 0) is 9.53 Å². The highest BCUT2D eigenvalue weighted by atomic mass is 19.1. The monoisotopic (exact) mass is 380 g/mol. The van der Waals surface area contributed by atoms with Gasteiger partial charge in [0.25, 0.3) is 5.56 Å². The summed E-state index contributed by atoms with van der Waals surface area (Å²) < 4.78 is 25.5. The second-order valence-electron chi connectivity index (χ2n) is 6.30. The van der Waals surface area contributed by atoms with Crippen LogP contribution in [0.1, 0.15) is 24.0 Å². The first-order valence-electron chi connectivity index (χ1n) is 8.76. The fraction of sp³-hybridized carbons (Fsp3) is 0.143. The summed E-state index contributed by atoms with van der Waals surface area (Å²) in [5.41, 5.74) is 6.28. The molecule has 0 fully saturated rings. The molecule has 0 aliphatic carbocycles. The Labute approximate surface area is 159 Å². The lowest BCUT2D eigenvalue weighted by molar-refractivity contribution is -0.139. The summed E-state index contributed by atoms with van der Waals surface area (Å²) >= 11 is 0. The quantitative estimate of drug-likeness (QED) is 0.682. The van der Waals surface area contributed by atoms with E-state index in [0.717, 1.165) is 0 Å². The van der Waals surface area contributed by atoms with Crippen LogP contribution in [0.15, 0.2) is 64.8 Å². The summed E-state index contributed by atoms with van der Waals surface area (Å²) in [6, 6.07) is 13.0. The van der Waals surface area contributed by atoms with Crippen LogP contribution >= 0.6 is 0 Å². The number of esters is 1. The summed E-state index contributed by atoms with van der Waals surface area (Å²) in [5, 5.41) is 0.601. The Hall–Kier alpha value is -3.61. The zero-order valence-electron chi connectivity index (χ0n) is 15.0. The molecule has 2 heterocycles. The van der Waals surface area contributed by atoms with Crippen molar-refractivity contribution in [1.29, 1.82) is 0 Å². The Balaban J connectivity index is 2.07. The minimum atomic E-state index is -1.06. The molecule has 0 spiro atoms. The van der Waals surface area contributed by atoms with Crippen LogP contribution in [-0.4, -0.2) is 17.6 Å². The van der Waals surface area contributed by atoms with Crippen molar-refractivity contribution in [2.75, 3.05) is 6.61 Å². The lowest BCUT2D eigenvalue weighted by Gasteiger charge is -2.28. The number of para-hydroxylation sites is 1. The van der Waals surface area contributed by atoms with E-state index < -0.39 is 23.3 Å². The zero-order chi connectivity index (χ0) is 19.8.